The quantitative estimate of drug-likeness (QED) is 0.813. The molecular weight excluding hydrogens is 234 g/mol. The van der Waals surface area contributed by atoms with Crippen LogP contribution in [0.25, 0.3) is 0 Å². The van der Waals surface area contributed by atoms with Gasteiger partial charge in [0.25, 0.3) is 0 Å². The third kappa shape index (κ3) is 4.46. The summed E-state index contributed by atoms with van der Waals surface area (Å²) in [6.07, 6.45) is 9.45. The van der Waals surface area contributed by atoms with Crippen LogP contribution in [-0.4, -0.2) is 23.3 Å². The lowest BCUT2D eigenvalue weighted by molar-refractivity contribution is -0.00507. The first kappa shape index (κ1) is 15.3. The zero-order valence-electron chi connectivity index (χ0n) is 13.4. The van der Waals surface area contributed by atoms with E-state index in [-0.39, 0.29) is 0 Å². The van der Waals surface area contributed by atoms with Gasteiger partial charge in [-0.15, -0.1) is 0 Å². The van der Waals surface area contributed by atoms with Crippen LogP contribution in [0.3, 0.4) is 0 Å². The molecule has 0 aromatic rings. The number of hydrogen-bond donors (Lipinski definition) is 2. The molecule has 2 aliphatic rings. The van der Waals surface area contributed by atoms with E-state index in [1.165, 1.54) is 38.5 Å². The molecule has 0 aromatic heterocycles. The van der Waals surface area contributed by atoms with Crippen molar-refractivity contribution in [2.75, 3.05) is 6.54 Å². The van der Waals surface area contributed by atoms with Crippen LogP contribution in [0.1, 0.15) is 79.1 Å². The predicted molar refractivity (Wildman–Crippen MR) is 81.2 cm³/mol. The largest absolute Gasteiger partial charge is 0.389 e. The Morgan fingerprint density at radius 3 is 2.00 bits per heavy atom. The molecule has 2 heteroatoms. The van der Waals surface area contributed by atoms with Gasteiger partial charge in [0, 0.05) is 12.6 Å². The fraction of sp³-hybridized carbons (Fsp3) is 1.00. The molecule has 19 heavy (non-hydrogen) atoms. The molecule has 0 atom stereocenters. The van der Waals surface area contributed by atoms with Crippen LogP contribution in [0.15, 0.2) is 0 Å². The Morgan fingerprint density at radius 1 is 0.947 bits per heavy atom. The molecule has 0 saturated heterocycles. The smallest absolute Gasteiger partial charge is 0.0771 e. The van der Waals surface area contributed by atoms with Gasteiger partial charge in [0.05, 0.1) is 5.60 Å². The topological polar surface area (TPSA) is 32.3 Å². The van der Waals surface area contributed by atoms with Crippen LogP contribution in [0.2, 0.25) is 0 Å². The van der Waals surface area contributed by atoms with Crippen molar-refractivity contribution in [3.63, 3.8) is 0 Å². The van der Waals surface area contributed by atoms with Crippen molar-refractivity contribution in [2.24, 2.45) is 10.8 Å². The molecule has 2 nitrogen and oxygen atoms in total. The molecule has 0 spiro atoms. The summed E-state index contributed by atoms with van der Waals surface area (Å²) in [6, 6.07) is 0.574. The molecule has 112 valence electrons. The number of aliphatic hydroxyl groups is 1. The first-order chi connectivity index (χ1) is 8.70. The van der Waals surface area contributed by atoms with Gasteiger partial charge in [-0.25, -0.2) is 0 Å². The summed E-state index contributed by atoms with van der Waals surface area (Å²) in [5, 5.41) is 14.3. The van der Waals surface area contributed by atoms with Gasteiger partial charge in [-0.3, -0.25) is 0 Å². The van der Waals surface area contributed by atoms with Crippen molar-refractivity contribution in [1.82, 2.24) is 5.32 Å². The van der Waals surface area contributed by atoms with E-state index in [2.05, 4.69) is 33.0 Å². The summed E-state index contributed by atoms with van der Waals surface area (Å²) in [4.78, 5) is 0. The molecule has 0 radical (unpaired) electrons. The standard InChI is InChI=1S/C17H33NO/c1-15(2)10-14(11-16(3,4)12-15)18-13-17(19)8-6-5-7-9-17/h14,18-19H,5-13H2,1-4H3. The average Bonchev–Trinajstić information content (AvgIpc) is 2.23. The minimum Gasteiger partial charge on any atom is -0.389 e. The third-order valence-corrected chi connectivity index (χ3v) is 5.06. The zero-order chi connectivity index (χ0) is 14.1. The summed E-state index contributed by atoms with van der Waals surface area (Å²) >= 11 is 0. The Bertz CT molecular complexity index is 286. The van der Waals surface area contributed by atoms with Gasteiger partial charge in [-0.2, -0.15) is 0 Å². The molecule has 0 amide bonds. The van der Waals surface area contributed by atoms with Crippen LogP contribution in [0.4, 0.5) is 0 Å². The minimum absolute atomic E-state index is 0.425. The van der Waals surface area contributed by atoms with Gasteiger partial charge in [0.15, 0.2) is 0 Å². The summed E-state index contributed by atoms with van der Waals surface area (Å²) in [7, 11) is 0. The highest BCUT2D eigenvalue weighted by atomic mass is 16.3. The van der Waals surface area contributed by atoms with E-state index in [4.69, 9.17) is 0 Å². The predicted octanol–water partition coefficient (Wildman–Crippen LogP) is 3.88. The van der Waals surface area contributed by atoms with Gasteiger partial charge in [-0.1, -0.05) is 47.0 Å². The lowest BCUT2D eigenvalue weighted by atomic mass is 9.63. The Kier molecular flexibility index (Phi) is 4.32. The van der Waals surface area contributed by atoms with Crippen molar-refractivity contribution in [1.29, 1.82) is 0 Å². The lowest BCUT2D eigenvalue weighted by Crippen LogP contribution is -2.50. The molecule has 2 N–H and O–H groups in total. The SMILES string of the molecule is CC1(C)CC(NCC2(O)CCCCC2)CC(C)(C)C1. The van der Waals surface area contributed by atoms with E-state index in [0.717, 1.165) is 19.4 Å². The molecule has 2 rings (SSSR count). The van der Waals surface area contributed by atoms with Crippen LogP contribution in [0, 0.1) is 10.8 Å². The van der Waals surface area contributed by atoms with Gasteiger partial charge in [0.2, 0.25) is 0 Å². The molecule has 2 saturated carbocycles. The summed E-state index contributed by atoms with van der Waals surface area (Å²) < 4.78 is 0. The maximum absolute atomic E-state index is 10.6. The first-order valence-corrected chi connectivity index (χ1v) is 8.16. The van der Waals surface area contributed by atoms with Gasteiger partial charge in [0.1, 0.15) is 0 Å². The van der Waals surface area contributed by atoms with Crippen molar-refractivity contribution >= 4 is 0 Å². The monoisotopic (exact) mass is 267 g/mol. The van der Waals surface area contributed by atoms with Gasteiger partial charge < -0.3 is 10.4 Å². The lowest BCUT2D eigenvalue weighted by Gasteiger charge is -2.46. The Hall–Kier alpha value is -0.0800. The highest BCUT2D eigenvalue weighted by Crippen LogP contribution is 2.45. The van der Waals surface area contributed by atoms with E-state index < -0.39 is 5.60 Å². The fourth-order valence-corrected chi connectivity index (χ4v) is 4.71. The van der Waals surface area contributed by atoms with E-state index in [1.807, 2.05) is 0 Å². The average molecular weight is 267 g/mol. The number of rotatable bonds is 3. The van der Waals surface area contributed by atoms with Crippen molar-refractivity contribution in [3.05, 3.63) is 0 Å². The van der Waals surface area contributed by atoms with Crippen LogP contribution in [-0.2, 0) is 0 Å². The maximum atomic E-state index is 10.6. The molecule has 0 unspecified atom stereocenters. The second-order valence-corrected chi connectivity index (χ2v) is 8.78. The van der Waals surface area contributed by atoms with E-state index in [1.54, 1.807) is 0 Å². The van der Waals surface area contributed by atoms with Gasteiger partial charge >= 0.3 is 0 Å². The van der Waals surface area contributed by atoms with Gasteiger partial charge in [-0.05, 0) is 42.9 Å². The summed E-state index contributed by atoms with van der Waals surface area (Å²) in [5.74, 6) is 0. The van der Waals surface area contributed by atoms with Crippen LogP contribution >= 0.6 is 0 Å². The van der Waals surface area contributed by atoms with Crippen LogP contribution < -0.4 is 5.32 Å². The molecule has 0 bridgehead atoms. The maximum Gasteiger partial charge on any atom is 0.0771 e. The Labute approximate surface area is 119 Å². The first-order valence-electron chi connectivity index (χ1n) is 8.16. The molecular formula is C17H33NO. The summed E-state index contributed by atoms with van der Waals surface area (Å²) in [6.45, 7) is 10.3. The van der Waals surface area contributed by atoms with Crippen molar-refractivity contribution < 1.29 is 5.11 Å². The fourth-order valence-electron chi connectivity index (χ4n) is 4.71. The van der Waals surface area contributed by atoms with Crippen LogP contribution in [0.5, 0.6) is 0 Å². The third-order valence-electron chi connectivity index (χ3n) is 5.06. The normalized spacial score (nSPS) is 30.2. The molecule has 0 aliphatic heterocycles. The zero-order valence-corrected chi connectivity index (χ0v) is 13.4. The number of hydrogen-bond acceptors (Lipinski definition) is 2. The number of nitrogens with one attached hydrogen (secondary N) is 1. The Balaban J connectivity index is 1.88. The molecule has 2 aliphatic carbocycles. The van der Waals surface area contributed by atoms with E-state index in [0.29, 0.717) is 16.9 Å². The van der Waals surface area contributed by atoms with Crippen molar-refractivity contribution in [2.45, 2.75) is 90.7 Å². The highest BCUT2D eigenvalue weighted by Gasteiger charge is 2.39. The van der Waals surface area contributed by atoms with Crippen molar-refractivity contribution in [3.8, 4) is 0 Å². The minimum atomic E-state index is -0.427. The second kappa shape index (κ2) is 5.37. The molecule has 2 fully saturated rings. The van der Waals surface area contributed by atoms with E-state index >= 15 is 0 Å². The summed E-state index contributed by atoms with van der Waals surface area (Å²) in [5.41, 5.74) is 0.424. The Morgan fingerprint density at radius 2 is 1.47 bits per heavy atom. The van der Waals surface area contributed by atoms with E-state index in [9.17, 15) is 5.11 Å². The molecule has 0 heterocycles. The second-order valence-electron chi connectivity index (χ2n) is 8.78. The molecule has 0 aromatic carbocycles. The highest BCUT2D eigenvalue weighted by molar-refractivity contribution is 4.94.